The van der Waals surface area contributed by atoms with Gasteiger partial charge in [-0.1, -0.05) is 12.2 Å². The van der Waals surface area contributed by atoms with Crippen molar-refractivity contribution in [1.82, 2.24) is 9.80 Å². The van der Waals surface area contributed by atoms with Crippen molar-refractivity contribution in [2.24, 2.45) is 11.3 Å². The van der Waals surface area contributed by atoms with Crippen molar-refractivity contribution in [3.63, 3.8) is 0 Å². The third-order valence-electron chi connectivity index (χ3n) is 9.26. The molecule has 4 saturated heterocycles. The number of aldehydes is 1. The van der Waals surface area contributed by atoms with Crippen molar-refractivity contribution in [3.05, 3.63) is 23.8 Å². The Morgan fingerprint density at radius 1 is 1.06 bits per heavy atom. The Kier molecular flexibility index (Phi) is 4.82. The Morgan fingerprint density at radius 3 is 2.84 bits per heavy atom. The van der Waals surface area contributed by atoms with E-state index >= 15 is 0 Å². The molecule has 0 N–H and O–H groups in total. The molecule has 1 spiro atoms. The van der Waals surface area contributed by atoms with Gasteiger partial charge >= 0.3 is 0 Å². The highest BCUT2D eigenvalue weighted by Crippen LogP contribution is 2.69. The monoisotopic (exact) mass is 424 g/mol. The number of carbonyl (C=O) groups is 2. The van der Waals surface area contributed by atoms with Gasteiger partial charge in [0.15, 0.2) is 0 Å². The smallest absolute Gasteiger partial charge is 0.146 e. The van der Waals surface area contributed by atoms with E-state index in [4.69, 9.17) is 4.74 Å². The number of hydrogen-bond donors (Lipinski definition) is 0. The maximum absolute atomic E-state index is 12.9. The van der Waals surface area contributed by atoms with Crippen LogP contribution in [0.15, 0.2) is 23.8 Å². The fourth-order valence-electron chi connectivity index (χ4n) is 8.41. The van der Waals surface area contributed by atoms with Gasteiger partial charge in [0.1, 0.15) is 23.4 Å². The highest BCUT2D eigenvalue weighted by atomic mass is 16.6. The lowest BCUT2D eigenvalue weighted by Crippen LogP contribution is -2.65. The second kappa shape index (κ2) is 7.36. The Morgan fingerprint density at radius 2 is 1.94 bits per heavy atom. The number of fused-ring (bicyclic) bond motifs is 1. The zero-order chi connectivity index (χ0) is 21.1. The van der Waals surface area contributed by atoms with E-state index in [1.165, 1.54) is 12.8 Å². The zero-order valence-corrected chi connectivity index (χ0v) is 18.7. The maximum Gasteiger partial charge on any atom is 0.146 e. The summed E-state index contributed by atoms with van der Waals surface area (Å²) in [6.45, 7) is 4.31. The van der Waals surface area contributed by atoms with Crippen molar-refractivity contribution < 1.29 is 14.3 Å². The van der Waals surface area contributed by atoms with Crippen LogP contribution in [-0.2, 0) is 14.3 Å². The molecule has 1 aliphatic carbocycles. The summed E-state index contributed by atoms with van der Waals surface area (Å²) in [5.41, 5.74) is 0.116. The molecule has 168 valence electrons. The molecule has 6 aliphatic rings. The van der Waals surface area contributed by atoms with Gasteiger partial charge in [-0.05, 0) is 88.4 Å². The minimum absolute atomic E-state index is 0.0316. The number of ketones is 1. The van der Waals surface area contributed by atoms with Gasteiger partial charge in [-0.25, -0.2) is 0 Å². The molecule has 5 bridgehead atoms. The first kappa shape index (κ1) is 20.3. The number of rotatable bonds is 1. The lowest BCUT2D eigenvalue weighted by Gasteiger charge is -2.59. The van der Waals surface area contributed by atoms with Gasteiger partial charge in [0, 0.05) is 31.3 Å². The molecule has 5 heteroatoms. The van der Waals surface area contributed by atoms with E-state index in [1.54, 1.807) is 0 Å². The van der Waals surface area contributed by atoms with Crippen LogP contribution in [0.5, 0.6) is 0 Å². The lowest BCUT2D eigenvalue weighted by molar-refractivity contribution is -0.185. The second-order valence-corrected chi connectivity index (χ2v) is 11.1. The predicted molar refractivity (Wildman–Crippen MR) is 118 cm³/mol. The minimum atomic E-state index is -0.460. The molecule has 0 amide bonds. The van der Waals surface area contributed by atoms with Crippen LogP contribution >= 0.6 is 0 Å². The molecular weight excluding hydrogens is 388 g/mol. The number of piperidine rings is 1. The molecule has 0 aromatic carbocycles. The first-order valence-electron chi connectivity index (χ1n) is 12.6. The number of ether oxygens (including phenoxy) is 1. The van der Waals surface area contributed by atoms with Crippen LogP contribution in [0.3, 0.4) is 0 Å². The molecule has 0 aromatic heterocycles. The van der Waals surface area contributed by atoms with E-state index in [-0.39, 0.29) is 11.5 Å². The van der Waals surface area contributed by atoms with Crippen molar-refractivity contribution in [2.75, 3.05) is 26.2 Å². The number of carbonyl (C=O) groups excluding carboxylic acids is 2. The molecule has 5 aliphatic heterocycles. The minimum Gasteiger partial charge on any atom is -0.348 e. The largest absolute Gasteiger partial charge is 0.348 e. The van der Waals surface area contributed by atoms with E-state index < -0.39 is 11.3 Å². The third kappa shape index (κ3) is 2.92. The van der Waals surface area contributed by atoms with E-state index in [0.29, 0.717) is 24.5 Å². The Labute approximate surface area is 185 Å². The summed E-state index contributed by atoms with van der Waals surface area (Å²) < 4.78 is 7.07. The van der Waals surface area contributed by atoms with Crippen LogP contribution in [-0.4, -0.2) is 65.4 Å². The SMILES string of the molecule is O=CC1=C[C@@]23CC/C=C\CCCCN4CC[C@@H]1[C@@]1(C4)C[C@]4(CC(=O)CCCCN4[C@H]12)O3. The molecule has 6 rings (SSSR count). The molecule has 0 radical (unpaired) electrons. The normalized spacial score (nSPS) is 48.5. The summed E-state index contributed by atoms with van der Waals surface area (Å²) >= 11 is 0. The molecule has 4 fully saturated rings. The molecule has 0 aromatic rings. The van der Waals surface area contributed by atoms with Crippen molar-refractivity contribution >= 4 is 12.1 Å². The highest BCUT2D eigenvalue weighted by molar-refractivity contribution is 5.80. The van der Waals surface area contributed by atoms with Gasteiger partial charge in [0.25, 0.3) is 0 Å². The van der Waals surface area contributed by atoms with Gasteiger partial charge in [-0.3, -0.25) is 14.5 Å². The topological polar surface area (TPSA) is 49.9 Å². The van der Waals surface area contributed by atoms with Crippen molar-refractivity contribution in [1.29, 1.82) is 0 Å². The fraction of sp³-hybridized carbons (Fsp3) is 0.769. The Balaban J connectivity index is 1.51. The molecule has 1 unspecified atom stereocenters. The summed E-state index contributed by atoms with van der Waals surface area (Å²) in [6.07, 6.45) is 18.8. The van der Waals surface area contributed by atoms with Crippen LogP contribution in [0.25, 0.3) is 0 Å². The maximum atomic E-state index is 12.9. The summed E-state index contributed by atoms with van der Waals surface area (Å²) in [6, 6.07) is 0.288. The average Bonchev–Trinajstić information content (AvgIpc) is 3.13. The summed E-state index contributed by atoms with van der Waals surface area (Å²) in [4.78, 5) is 30.5. The van der Waals surface area contributed by atoms with Crippen LogP contribution in [0.2, 0.25) is 0 Å². The molecule has 6 atom stereocenters. The lowest BCUT2D eigenvalue weighted by atomic mass is 9.54. The van der Waals surface area contributed by atoms with E-state index in [9.17, 15) is 9.59 Å². The Hall–Kier alpha value is -1.30. The first-order valence-corrected chi connectivity index (χ1v) is 12.6. The standard InChI is InChI=1S/C26H36N2O3/c29-17-20-15-25-11-6-3-1-2-4-7-12-27-14-10-22(20)24(19-27)18-26(31-25)16-21(30)9-5-8-13-28(26)23(24)25/h1,3,15,17,22-23H,2,4-14,16,18-19H2/b3-1-/t22-,23+,24-,25-,26-/m0/s1. The molecular formula is C26H36N2O3. The van der Waals surface area contributed by atoms with E-state index in [2.05, 4.69) is 28.0 Å². The van der Waals surface area contributed by atoms with E-state index in [1.807, 2.05) is 0 Å². The highest BCUT2D eigenvalue weighted by Gasteiger charge is 2.77. The quantitative estimate of drug-likeness (QED) is 0.475. The van der Waals surface area contributed by atoms with Crippen LogP contribution in [0.1, 0.15) is 70.6 Å². The Bertz CT molecular complexity index is 837. The summed E-state index contributed by atoms with van der Waals surface area (Å²) in [5.74, 6) is 0.669. The summed E-state index contributed by atoms with van der Waals surface area (Å²) in [7, 11) is 0. The molecule has 31 heavy (non-hydrogen) atoms. The number of allylic oxidation sites excluding steroid dienone is 3. The number of hydrogen-bond acceptors (Lipinski definition) is 5. The summed E-state index contributed by atoms with van der Waals surface area (Å²) in [5, 5.41) is 0. The number of nitrogens with zero attached hydrogens (tertiary/aromatic N) is 2. The van der Waals surface area contributed by atoms with Gasteiger partial charge < -0.3 is 9.64 Å². The van der Waals surface area contributed by atoms with Crippen LogP contribution < -0.4 is 0 Å². The van der Waals surface area contributed by atoms with Crippen LogP contribution in [0.4, 0.5) is 0 Å². The van der Waals surface area contributed by atoms with Gasteiger partial charge in [0.2, 0.25) is 0 Å². The fourth-order valence-corrected chi connectivity index (χ4v) is 8.41. The second-order valence-electron chi connectivity index (χ2n) is 11.1. The van der Waals surface area contributed by atoms with Crippen molar-refractivity contribution in [2.45, 2.75) is 88.0 Å². The molecule has 5 heterocycles. The predicted octanol–water partition coefficient (Wildman–Crippen LogP) is 3.64. The van der Waals surface area contributed by atoms with Gasteiger partial charge in [-0.2, -0.15) is 0 Å². The molecule has 0 saturated carbocycles. The number of Topliss-reactive ketones (excluding diaryl/α,β-unsaturated/α-hetero) is 1. The first-order chi connectivity index (χ1) is 15.1. The third-order valence-corrected chi connectivity index (χ3v) is 9.26. The van der Waals surface area contributed by atoms with E-state index in [0.717, 1.165) is 83.0 Å². The van der Waals surface area contributed by atoms with Gasteiger partial charge in [-0.15, -0.1) is 0 Å². The average molecular weight is 425 g/mol. The molecule has 5 nitrogen and oxygen atoms in total. The van der Waals surface area contributed by atoms with Crippen LogP contribution in [0, 0.1) is 11.3 Å². The van der Waals surface area contributed by atoms with Crippen molar-refractivity contribution in [3.8, 4) is 0 Å². The van der Waals surface area contributed by atoms with Gasteiger partial charge in [0.05, 0.1) is 6.04 Å². The zero-order valence-electron chi connectivity index (χ0n) is 18.7.